The van der Waals surface area contributed by atoms with E-state index in [-0.39, 0.29) is 17.9 Å². The van der Waals surface area contributed by atoms with E-state index in [1.807, 2.05) is 25.1 Å². The van der Waals surface area contributed by atoms with E-state index in [0.717, 1.165) is 18.7 Å². The molecule has 29 heavy (non-hydrogen) atoms. The van der Waals surface area contributed by atoms with Crippen molar-refractivity contribution in [2.45, 2.75) is 13.0 Å². The van der Waals surface area contributed by atoms with Crippen molar-refractivity contribution < 1.29 is 18.9 Å². The van der Waals surface area contributed by atoms with Gasteiger partial charge in [0.15, 0.2) is 12.3 Å². The van der Waals surface area contributed by atoms with Crippen LogP contribution in [0.25, 0.3) is 10.8 Å². The monoisotopic (exact) mass is 392 g/mol. The van der Waals surface area contributed by atoms with Gasteiger partial charge in [0, 0.05) is 0 Å². The van der Waals surface area contributed by atoms with Crippen LogP contribution >= 0.6 is 0 Å². The van der Waals surface area contributed by atoms with Crippen LogP contribution in [0.4, 0.5) is 0 Å². The van der Waals surface area contributed by atoms with Gasteiger partial charge in [-0.25, -0.2) is 0 Å². The van der Waals surface area contributed by atoms with E-state index in [0.29, 0.717) is 25.4 Å². The molecule has 6 heteroatoms. The zero-order chi connectivity index (χ0) is 20.2. The predicted octanol–water partition coefficient (Wildman–Crippen LogP) is 1.65. The molecule has 1 aliphatic rings. The van der Waals surface area contributed by atoms with E-state index in [1.165, 1.54) is 21.9 Å². The maximum Gasteiger partial charge on any atom is 0.289 e. The van der Waals surface area contributed by atoms with Crippen molar-refractivity contribution in [3.8, 4) is 0 Å². The smallest absolute Gasteiger partial charge is 0.289 e. The van der Waals surface area contributed by atoms with E-state index in [2.05, 4.69) is 29.6 Å². The Morgan fingerprint density at radius 3 is 2.59 bits per heavy atom. The van der Waals surface area contributed by atoms with Crippen LogP contribution in [0, 0.1) is 0 Å². The minimum Gasteiger partial charge on any atom is -0.459 e. The van der Waals surface area contributed by atoms with Crippen molar-refractivity contribution in [1.29, 1.82) is 0 Å². The van der Waals surface area contributed by atoms with Crippen LogP contribution in [-0.2, 0) is 4.79 Å². The lowest BCUT2D eigenvalue weighted by Crippen LogP contribution is -3.15. The third kappa shape index (κ3) is 4.32. The van der Waals surface area contributed by atoms with Crippen LogP contribution in [0.2, 0.25) is 0 Å². The first-order valence-corrected chi connectivity index (χ1v) is 10.0. The molecule has 1 aromatic heterocycles. The summed E-state index contributed by atoms with van der Waals surface area (Å²) in [6, 6.07) is 17.7. The van der Waals surface area contributed by atoms with Crippen LogP contribution in [-0.4, -0.2) is 49.4 Å². The van der Waals surface area contributed by atoms with Crippen molar-refractivity contribution in [3.63, 3.8) is 0 Å². The number of fused-ring (bicyclic) bond motifs is 1. The summed E-state index contributed by atoms with van der Waals surface area (Å²) < 4.78 is 5.19. The number of nitrogens with zero attached hydrogens (tertiary/aromatic N) is 1. The molecule has 150 valence electrons. The SMILES string of the molecule is C[C@H](NC(=O)C[NH+]1CCN(C(=O)c2ccco2)CC1)c1cccc2ccccc12. The Balaban J connectivity index is 1.30. The average molecular weight is 392 g/mol. The second-order valence-electron chi connectivity index (χ2n) is 7.55. The number of hydrogen-bond donors (Lipinski definition) is 2. The van der Waals surface area contributed by atoms with E-state index < -0.39 is 0 Å². The molecule has 0 aliphatic carbocycles. The maximum atomic E-state index is 12.6. The Morgan fingerprint density at radius 1 is 1.07 bits per heavy atom. The highest BCUT2D eigenvalue weighted by Crippen LogP contribution is 2.23. The summed E-state index contributed by atoms with van der Waals surface area (Å²) in [7, 11) is 0. The van der Waals surface area contributed by atoms with Gasteiger partial charge in [-0.1, -0.05) is 42.5 Å². The Labute approximate surface area is 170 Å². The molecule has 1 atom stereocenters. The lowest BCUT2D eigenvalue weighted by atomic mass is 10.00. The summed E-state index contributed by atoms with van der Waals surface area (Å²) in [5, 5.41) is 5.48. The van der Waals surface area contributed by atoms with E-state index in [9.17, 15) is 9.59 Å². The molecule has 1 fully saturated rings. The first-order valence-electron chi connectivity index (χ1n) is 10.0. The third-order valence-corrected chi connectivity index (χ3v) is 5.57. The zero-order valence-corrected chi connectivity index (χ0v) is 16.6. The van der Waals surface area contributed by atoms with Crippen LogP contribution < -0.4 is 10.2 Å². The molecule has 0 spiro atoms. The molecular weight excluding hydrogens is 366 g/mol. The minimum atomic E-state index is -0.0805. The molecule has 4 rings (SSSR count). The number of nitrogens with one attached hydrogen (secondary N) is 2. The zero-order valence-electron chi connectivity index (χ0n) is 16.6. The molecule has 3 aromatic rings. The summed E-state index contributed by atoms with van der Waals surface area (Å²) in [4.78, 5) is 27.9. The molecule has 0 saturated carbocycles. The highest BCUT2D eigenvalue weighted by Gasteiger charge is 2.27. The average Bonchev–Trinajstić information content (AvgIpc) is 3.28. The molecule has 0 bridgehead atoms. The highest BCUT2D eigenvalue weighted by molar-refractivity contribution is 5.91. The lowest BCUT2D eigenvalue weighted by Gasteiger charge is -2.31. The van der Waals surface area contributed by atoms with Crippen LogP contribution in [0.15, 0.2) is 65.3 Å². The van der Waals surface area contributed by atoms with Gasteiger partial charge in [0.05, 0.1) is 38.5 Å². The van der Waals surface area contributed by atoms with Crippen LogP contribution in [0.5, 0.6) is 0 Å². The first-order chi connectivity index (χ1) is 14.1. The fourth-order valence-electron chi connectivity index (χ4n) is 3.98. The predicted molar refractivity (Wildman–Crippen MR) is 111 cm³/mol. The van der Waals surface area contributed by atoms with Gasteiger partial charge in [-0.15, -0.1) is 0 Å². The quantitative estimate of drug-likeness (QED) is 0.694. The molecular formula is C23H26N3O3+. The molecule has 2 aromatic carbocycles. The Bertz CT molecular complexity index is 986. The number of rotatable bonds is 5. The van der Waals surface area contributed by atoms with Gasteiger partial charge in [0.2, 0.25) is 0 Å². The number of piperazine rings is 1. The maximum absolute atomic E-state index is 12.6. The van der Waals surface area contributed by atoms with Gasteiger partial charge in [0.25, 0.3) is 11.8 Å². The van der Waals surface area contributed by atoms with Crippen LogP contribution in [0.3, 0.4) is 0 Å². The largest absolute Gasteiger partial charge is 0.459 e. The summed E-state index contributed by atoms with van der Waals surface area (Å²) in [5.74, 6) is 0.324. The molecule has 1 saturated heterocycles. The lowest BCUT2D eigenvalue weighted by molar-refractivity contribution is -0.896. The number of carbonyl (C=O) groups is 2. The summed E-state index contributed by atoms with van der Waals surface area (Å²) in [6.45, 7) is 5.19. The van der Waals surface area contributed by atoms with Gasteiger partial charge in [0.1, 0.15) is 0 Å². The molecule has 6 nitrogen and oxygen atoms in total. The molecule has 2 heterocycles. The van der Waals surface area contributed by atoms with Crippen molar-refractivity contribution in [3.05, 3.63) is 72.2 Å². The van der Waals surface area contributed by atoms with Crippen molar-refractivity contribution in [2.24, 2.45) is 0 Å². The van der Waals surface area contributed by atoms with Gasteiger partial charge < -0.3 is 19.5 Å². The number of hydrogen-bond acceptors (Lipinski definition) is 3. The second-order valence-corrected chi connectivity index (χ2v) is 7.55. The summed E-state index contributed by atoms with van der Waals surface area (Å²) >= 11 is 0. The molecule has 1 aliphatic heterocycles. The molecule has 2 amide bonds. The normalized spacial score (nSPS) is 16.0. The van der Waals surface area contributed by atoms with Crippen LogP contribution in [0.1, 0.15) is 29.1 Å². The van der Waals surface area contributed by atoms with E-state index >= 15 is 0 Å². The Hall–Kier alpha value is -3.12. The van der Waals surface area contributed by atoms with Gasteiger partial charge in [-0.3, -0.25) is 9.59 Å². The van der Waals surface area contributed by atoms with Crippen molar-refractivity contribution >= 4 is 22.6 Å². The number of amides is 2. The fraction of sp³-hybridized carbons (Fsp3) is 0.304. The molecule has 0 radical (unpaired) electrons. The van der Waals surface area contributed by atoms with Crippen molar-refractivity contribution in [2.75, 3.05) is 32.7 Å². The third-order valence-electron chi connectivity index (χ3n) is 5.57. The minimum absolute atomic E-state index is 0.0336. The number of quaternary nitrogens is 1. The molecule has 2 N–H and O–H groups in total. The summed E-state index contributed by atoms with van der Waals surface area (Å²) in [6.07, 6.45) is 1.51. The van der Waals surface area contributed by atoms with E-state index in [1.54, 1.807) is 17.0 Å². The van der Waals surface area contributed by atoms with E-state index in [4.69, 9.17) is 4.42 Å². The van der Waals surface area contributed by atoms with Gasteiger partial charge >= 0.3 is 0 Å². The molecule has 0 unspecified atom stereocenters. The second kappa shape index (κ2) is 8.49. The van der Waals surface area contributed by atoms with Gasteiger partial charge in [-0.05, 0) is 35.4 Å². The summed E-state index contributed by atoms with van der Waals surface area (Å²) in [5.41, 5.74) is 1.13. The standard InChI is InChI=1S/C23H25N3O3/c1-17(19-9-4-7-18-6-2-3-8-20(18)19)24-22(27)16-25-11-13-26(14-12-25)23(28)21-10-5-15-29-21/h2-10,15,17H,11-14,16H2,1H3,(H,24,27)/p+1/t17-/m0/s1. The Kier molecular flexibility index (Phi) is 5.62. The van der Waals surface area contributed by atoms with Crippen molar-refractivity contribution in [1.82, 2.24) is 10.2 Å². The van der Waals surface area contributed by atoms with Gasteiger partial charge in [-0.2, -0.15) is 0 Å². The topological polar surface area (TPSA) is 67.0 Å². The first kappa shape index (κ1) is 19.2. The number of benzene rings is 2. The Morgan fingerprint density at radius 2 is 1.83 bits per heavy atom. The highest BCUT2D eigenvalue weighted by atomic mass is 16.3. The fourth-order valence-corrected chi connectivity index (χ4v) is 3.98. The number of carbonyl (C=O) groups excluding carboxylic acids is 2. The number of furan rings is 1.